The van der Waals surface area contributed by atoms with Crippen molar-refractivity contribution in [1.29, 1.82) is 0 Å². The van der Waals surface area contributed by atoms with E-state index in [0.29, 0.717) is 11.3 Å². The zero-order valence-electron chi connectivity index (χ0n) is 12.5. The van der Waals surface area contributed by atoms with E-state index in [1.165, 1.54) is 0 Å². The molecule has 0 spiro atoms. The third-order valence-electron chi connectivity index (χ3n) is 3.15. The number of anilines is 1. The standard InChI is InChI=1S/C15H23N3O2/c1-5-7-10(2)17-15(20)18-13-9-6-8-12(11(13)3)14(19)16-4/h6,8-10H,5,7H2,1-4H3,(H,16,19)(H2,17,18,20)/t10-/m0/s1. The van der Waals surface area contributed by atoms with Crippen LogP contribution in [0.2, 0.25) is 0 Å². The largest absolute Gasteiger partial charge is 0.355 e. The average Bonchev–Trinajstić information content (AvgIpc) is 2.40. The Labute approximate surface area is 120 Å². The van der Waals surface area contributed by atoms with Crippen molar-refractivity contribution in [2.45, 2.75) is 39.7 Å². The predicted molar refractivity (Wildman–Crippen MR) is 81.1 cm³/mol. The number of amides is 3. The maximum absolute atomic E-state index is 11.9. The topological polar surface area (TPSA) is 70.2 Å². The maximum Gasteiger partial charge on any atom is 0.319 e. The molecule has 0 aliphatic carbocycles. The summed E-state index contributed by atoms with van der Waals surface area (Å²) < 4.78 is 0. The van der Waals surface area contributed by atoms with Crippen LogP contribution in [0.1, 0.15) is 42.6 Å². The Bertz CT molecular complexity index is 486. The minimum atomic E-state index is -0.247. The number of urea groups is 1. The Kier molecular flexibility index (Phi) is 6.03. The van der Waals surface area contributed by atoms with Crippen LogP contribution in [0.5, 0.6) is 0 Å². The van der Waals surface area contributed by atoms with E-state index in [4.69, 9.17) is 0 Å². The number of hydrogen-bond donors (Lipinski definition) is 3. The summed E-state index contributed by atoms with van der Waals surface area (Å²) in [5.74, 6) is -0.161. The summed E-state index contributed by atoms with van der Waals surface area (Å²) >= 11 is 0. The normalized spacial score (nSPS) is 11.6. The Morgan fingerprint density at radius 2 is 2.00 bits per heavy atom. The summed E-state index contributed by atoms with van der Waals surface area (Å²) in [7, 11) is 1.58. The second kappa shape index (κ2) is 7.53. The van der Waals surface area contributed by atoms with E-state index in [1.807, 2.05) is 13.8 Å². The Balaban J connectivity index is 2.78. The first-order valence-corrected chi connectivity index (χ1v) is 6.88. The molecular formula is C15H23N3O2. The minimum Gasteiger partial charge on any atom is -0.355 e. The monoisotopic (exact) mass is 277 g/mol. The molecule has 0 bridgehead atoms. The molecule has 3 amide bonds. The van der Waals surface area contributed by atoms with E-state index in [9.17, 15) is 9.59 Å². The molecule has 5 nitrogen and oxygen atoms in total. The second-order valence-corrected chi connectivity index (χ2v) is 4.85. The van der Waals surface area contributed by atoms with E-state index >= 15 is 0 Å². The fraction of sp³-hybridized carbons (Fsp3) is 0.467. The molecule has 0 aliphatic rings. The Hall–Kier alpha value is -2.04. The molecule has 5 heteroatoms. The summed E-state index contributed by atoms with van der Waals surface area (Å²) in [4.78, 5) is 23.6. The molecule has 0 aromatic heterocycles. The van der Waals surface area contributed by atoms with Crippen molar-refractivity contribution in [3.63, 3.8) is 0 Å². The second-order valence-electron chi connectivity index (χ2n) is 4.85. The van der Waals surface area contributed by atoms with Gasteiger partial charge in [-0.3, -0.25) is 4.79 Å². The first kappa shape index (κ1) is 16.0. The molecule has 110 valence electrons. The highest BCUT2D eigenvalue weighted by atomic mass is 16.2. The lowest BCUT2D eigenvalue weighted by molar-refractivity contribution is 0.0962. The number of benzene rings is 1. The van der Waals surface area contributed by atoms with Crippen LogP contribution in [-0.2, 0) is 0 Å². The molecule has 0 heterocycles. The van der Waals surface area contributed by atoms with Crippen molar-refractivity contribution in [2.75, 3.05) is 12.4 Å². The van der Waals surface area contributed by atoms with Gasteiger partial charge in [-0.1, -0.05) is 19.4 Å². The van der Waals surface area contributed by atoms with E-state index < -0.39 is 0 Å². The van der Waals surface area contributed by atoms with Gasteiger partial charge in [0.1, 0.15) is 0 Å². The van der Waals surface area contributed by atoms with Crippen LogP contribution in [-0.4, -0.2) is 25.0 Å². The molecule has 1 rings (SSSR count). The van der Waals surface area contributed by atoms with Crippen molar-refractivity contribution in [3.8, 4) is 0 Å². The molecular weight excluding hydrogens is 254 g/mol. The van der Waals surface area contributed by atoms with Gasteiger partial charge < -0.3 is 16.0 Å². The van der Waals surface area contributed by atoms with Crippen LogP contribution < -0.4 is 16.0 Å². The van der Waals surface area contributed by atoms with E-state index in [0.717, 1.165) is 18.4 Å². The van der Waals surface area contributed by atoms with Crippen molar-refractivity contribution in [3.05, 3.63) is 29.3 Å². The van der Waals surface area contributed by atoms with Crippen LogP contribution in [0.3, 0.4) is 0 Å². The van der Waals surface area contributed by atoms with Gasteiger partial charge in [0.05, 0.1) is 0 Å². The fourth-order valence-electron chi connectivity index (χ4n) is 2.04. The summed E-state index contributed by atoms with van der Waals surface area (Å²) in [6, 6.07) is 5.15. The molecule has 0 radical (unpaired) electrons. The third kappa shape index (κ3) is 4.26. The summed E-state index contributed by atoms with van der Waals surface area (Å²) in [6.45, 7) is 5.86. The van der Waals surface area contributed by atoms with Gasteiger partial charge in [-0.05, 0) is 38.0 Å². The van der Waals surface area contributed by atoms with E-state index in [1.54, 1.807) is 25.2 Å². The third-order valence-corrected chi connectivity index (χ3v) is 3.15. The van der Waals surface area contributed by atoms with E-state index in [-0.39, 0.29) is 18.0 Å². The lowest BCUT2D eigenvalue weighted by Crippen LogP contribution is -2.36. The van der Waals surface area contributed by atoms with Gasteiger partial charge in [0.15, 0.2) is 0 Å². The Morgan fingerprint density at radius 3 is 2.60 bits per heavy atom. The number of hydrogen-bond acceptors (Lipinski definition) is 2. The smallest absolute Gasteiger partial charge is 0.319 e. The molecule has 1 aromatic carbocycles. The highest BCUT2D eigenvalue weighted by Crippen LogP contribution is 2.18. The van der Waals surface area contributed by atoms with Gasteiger partial charge in [-0.2, -0.15) is 0 Å². The Morgan fingerprint density at radius 1 is 1.30 bits per heavy atom. The van der Waals surface area contributed by atoms with Crippen LogP contribution in [0.25, 0.3) is 0 Å². The van der Waals surface area contributed by atoms with E-state index in [2.05, 4.69) is 22.9 Å². The first-order chi connectivity index (χ1) is 9.49. The van der Waals surface area contributed by atoms with Crippen LogP contribution in [0.4, 0.5) is 10.5 Å². The minimum absolute atomic E-state index is 0.127. The van der Waals surface area contributed by atoms with Crippen LogP contribution >= 0.6 is 0 Å². The molecule has 0 saturated carbocycles. The first-order valence-electron chi connectivity index (χ1n) is 6.88. The lowest BCUT2D eigenvalue weighted by Gasteiger charge is -2.15. The number of carbonyl (C=O) groups is 2. The van der Waals surface area contributed by atoms with Crippen molar-refractivity contribution < 1.29 is 9.59 Å². The van der Waals surface area contributed by atoms with Gasteiger partial charge in [0.25, 0.3) is 5.91 Å². The number of rotatable bonds is 5. The summed E-state index contributed by atoms with van der Waals surface area (Å²) in [5.41, 5.74) is 1.96. The lowest BCUT2D eigenvalue weighted by atomic mass is 10.1. The van der Waals surface area contributed by atoms with Gasteiger partial charge in [0.2, 0.25) is 0 Å². The van der Waals surface area contributed by atoms with Crippen LogP contribution in [0.15, 0.2) is 18.2 Å². The molecule has 0 aliphatic heterocycles. The summed E-state index contributed by atoms with van der Waals surface area (Å²) in [5, 5.41) is 8.24. The SMILES string of the molecule is CCC[C@H](C)NC(=O)Nc1cccc(C(=O)NC)c1C. The molecule has 0 saturated heterocycles. The molecule has 1 atom stereocenters. The molecule has 20 heavy (non-hydrogen) atoms. The quantitative estimate of drug-likeness (QED) is 0.774. The maximum atomic E-state index is 11.9. The van der Waals surface area contributed by atoms with Crippen molar-refractivity contribution in [1.82, 2.24) is 10.6 Å². The highest BCUT2D eigenvalue weighted by Gasteiger charge is 2.12. The molecule has 1 aromatic rings. The highest BCUT2D eigenvalue weighted by molar-refractivity contribution is 5.98. The summed E-state index contributed by atoms with van der Waals surface area (Å²) in [6.07, 6.45) is 1.96. The van der Waals surface area contributed by atoms with Crippen molar-refractivity contribution in [2.24, 2.45) is 0 Å². The van der Waals surface area contributed by atoms with Gasteiger partial charge in [0, 0.05) is 24.3 Å². The molecule has 0 fully saturated rings. The predicted octanol–water partition coefficient (Wildman–Crippen LogP) is 2.66. The van der Waals surface area contributed by atoms with Gasteiger partial charge in [-0.15, -0.1) is 0 Å². The number of carbonyl (C=O) groups excluding carboxylic acids is 2. The zero-order valence-corrected chi connectivity index (χ0v) is 12.5. The van der Waals surface area contributed by atoms with Gasteiger partial charge >= 0.3 is 6.03 Å². The number of nitrogens with one attached hydrogen (secondary N) is 3. The zero-order chi connectivity index (χ0) is 15.1. The average molecular weight is 277 g/mol. The van der Waals surface area contributed by atoms with Gasteiger partial charge in [-0.25, -0.2) is 4.79 Å². The van der Waals surface area contributed by atoms with Crippen molar-refractivity contribution >= 4 is 17.6 Å². The molecule has 0 unspecified atom stereocenters. The van der Waals surface area contributed by atoms with Crippen LogP contribution in [0, 0.1) is 6.92 Å². The fourth-order valence-corrected chi connectivity index (χ4v) is 2.04. The molecule has 3 N–H and O–H groups in total.